The van der Waals surface area contributed by atoms with E-state index in [1.54, 1.807) is 7.11 Å². The smallest absolute Gasteiger partial charge is 0.256 e. The van der Waals surface area contributed by atoms with Crippen LogP contribution >= 0.6 is 0 Å². The third-order valence-electron chi connectivity index (χ3n) is 7.30. The second kappa shape index (κ2) is 10.8. The maximum absolute atomic E-state index is 13.4. The number of aromatic nitrogens is 2. The number of hydrogen-bond acceptors (Lipinski definition) is 7. The number of aryl methyl sites for hydroxylation is 1. The lowest BCUT2D eigenvalue weighted by atomic mass is 9.93. The number of para-hydroxylation sites is 1. The summed E-state index contributed by atoms with van der Waals surface area (Å²) in [5, 5.41) is 2.86. The summed E-state index contributed by atoms with van der Waals surface area (Å²) in [6, 6.07) is 5.96. The van der Waals surface area contributed by atoms with Crippen molar-refractivity contribution in [1.82, 2.24) is 20.2 Å². The molecule has 3 aliphatic heterocycles. The topological polar surface area (TPSA) is 117 Å². The number of likely N-dealkylation sites (tertiary alicyclic amines) is 1. The fraction of sp³-hybridized carbons (Fsp3) is 0.538. The molecule has 2 amide bonds. The molecule has 2 aromatic rings. The number of piperidine rings is 1. The van der Waals surface area contributed by atoms with Crippen molar-refractivity contribution in [3.8, 4) is 5.75 Å². The molecule has 0 aliphatic carbocycles. The minimum atomic E-state index is -0.204. The molecule has 10 heteroatoms. The zero-order valence-electron chi connectivity index (χ0n) is 20.7. The van der Waals surface area contributed by atoms with E-state index in [1.165, 1.54) is 0 Å². The highest BCUT2D eigenvalue weighted by molar-refractivity contribution is 5.97. The average molecular weight is 496 g/mol. The molecule has 3 aliphatic rings. The molecular weight excluding hydrogens is 462 g/mol. The molecule has 0 saturated carbocycles. The Morgan fingerprint density at radius 1 is 1.22 bits per heavy atom. The quantitative estimate of drug-likeness (QED) is 0.618. The van der Waals surface area contributed by atoms with Gasteiger partial charge in [0, 0.05) is 18.9 Å². The second-order valence-electron chi connectivity index (χ2n) is 9.63. The van der Waals surface area contributed by atoms with Crippen molar-refractivity contribution in [1.29, 1.82) is 0 Å². The Morgan fingerprint density at radius 3 is 2.86 bits per heavy atom. The molecule has 0 radical (unpaired) electrons. The van der Waals surface area contributed by atoms with Crippen LogP contribution in [0.5, 0.6) is 5.75 Å². The Labute approximate surface area is 210 Å². The Kier molecular flexibility index (Phi) is 7.33. The van der Waals surface area contributed by atoms with Gasteiger partial charge in [0.15, 0.2) is 0 Å². The number of amides is 2. The predicted molar refractivity (Wildman–Crippen MR) is 133 cm³/mol. The Morgan fingerprint density at radius 2 is 2.06 bits per heavy atom. The van der Waals surface area contributed by atoms with Crippen LogP contribution in [0.1, 0.15) is 41.9 Å². The number of H-pyrrole nitrogens is 1. The number of benzene rings is 1. The SMILES string of the molecule is COc1cccc2c1N(C(=O)C1CCN(CC(=O)NCc3nc4c(c(=O)[nH]3)COCC4)CC1)CCC2. The number of methoxy groups -OCH3 is 1. The Hall–Kier alpha value is -3.24. The largest absolute Gasteiger partial charge is 0.495 e. The molecular formula is C26H33N5O5. The lowest BCUT2D eigenvalue weighted by Gasteiger charge is -2.36. The summed E-state index contributed by atoms with van der Waals surface area (Å²) in [5.41, 5.74) is 3.19. The molecule has 1 aromatic heterocycles. The summed E-state index contributed by atoms with van der Waals surface area (Å²) < 4.78 is 10.9. The van der Waals surface area contributed by atoms with Gasteiger partial charge >= 0.3 is 0 Å². The van der Waals surface area contributed by atoms with Crippen LogP contribution in [0.25, 0.3) is 0 Å². The van der Waals surface area contributed by atoms with Gasteiger partial charge in [-0.05, 0) is 50.4 Å². The number of carbonyl (C=O) groups is 2. The fourth-order valence-electron chi connectivity index (χ4n) is 5.38. The number of rotatable bonds is 6. The molecule has 192 valence electrons. The zero-order chi connectivity index (χ0) is 25.1. The van der Waals surface area contributed by atoms with Crippen LogP contribution in [0.15, 0.2) is 23.0 Å². The monoisotopic (exact) mass is 495 g/mol. The molecule has 1 aromatic carbocycles. The maximum Gasteiger partial charge on any atom is 0.256 e. The molecule has 0 unspecified atom stereocenters. The van der Waals surface area contributed by atoms with Crippen LogP contribution in [0.2, 0.25) is 0 Å². The van der Waals surface area contributed by atoms with Gasteiger partial charge in [-0.15, -0.1) is 0 Å². The first-order valence-electron chi connectivity index (χ1n) is 12.7. The van der Waals surface area contributed by atoms with Gasteiger partial charge in [0.25, 0.3) is 5.56 Å². The first kappa shape index (κ1) is 24.5. The molecule has 4 heterocycles. The van der Waals surface area contributed by atoms with Gasteiger partial charge in [-0.3, -0.25) is 19.3 Å². The van der Waals surface area contributed by atoms with Crippen LogP contribution in [0, 0.1) is 5.92 Å². The van der Waals surface area contributed by atoms with Crippen molar-refractivity contribution in [2.75, 3.05) is 44.8 Å². The normalized spacial score (nSPS) is 18.3. The van der Waals surface area contributed by atoms with E-state index < -0.39 is 0 Å². The number of hydrogen-bond donors (Lipinski definition) is 2. The van der Waals surface area contributed by atoms with E-state index in [0.29, 0.717) is 44.0 Å². The van der Waals surface area contributed by atoms with E-state index in [1.807, 2.05) is 17.0 Å². The van der Waals surface area contributed by atoms with Crippen molar-refractivity contribution >= 4 is 17.5 Å². The molecule has 1 fully saturated rings. The van der Waals surface area contributed by atoms with Crippen LogP contribution in [0.3, 0.4) is 0 Å². The Balaban J connectivity index is 1.12. The molecule has 0 bridgehead atoms. The highest BCUT2D eigenvalue weighted by Crippen LogP contribution is 2.37. The minimum absolute atomic E-state index is 0.0612. The summed E-state index contributed by atoms with van der Waals surface area (Å²) in [7, 11) is 1.64. The highest BCUT2D eigenvalue weighted by atomic mass is 16.5. The lowest BCUT2D eigenvalue weighted by molar-refractivity contribution is -0.124. The van der Waals surface area contributed by atoms with Gasteiger partial charge < -0.3 is 24.7 Å². The summed E-state index contributed by atoms with van der Waals surface area (Å²) in [5.74, 6) is 1.16. The molecule has 0 spiro atoms. The molecule has 2 N–H and O–H groups in total. The van der Waals surface area contributed by atoms with E-state index >= 15 is 0 Å². The van der Waals surface area contributed by atoms with Gasteiger partial charge in [-0.25, -0.2) is 4.98 Å². The third-order valence-corrected chi connectivity index (χ3v) is 7.30. The van der Waals surface area contributed by atoms with E-state index in [0.717, 1.165) is 48.4 Å². The van der Waals surface area contributed by atoms with Gasteiger partial charge in [0.1, 0.15) is 11.6 Å². The first-order chi connectivity index (χ1) is 17.5. The fourth-order valence-corrected chi connectivity index (χ4v) is 5.38. The van der Waals surface area contributed by atoms with Crippen LogP contribution < -0.4 is 20.5 Å². The number of nitrogens with one attached hydrogen (secondary N) is 2. The molecule has 1 saturated heterocycles. The summed E-state index contributed by atoms with van der Waals surface area (Å²) in [6.45, 7) is 3.33. The van der Waals surface area contributed by atoms with Crippen molar-refractivity contribution < 1.29 is 19.1 Å². The lowest BCUT2D eigenvalue weighted by Crippen LogP contribution is -2.46. The van der Waals surface area contributed by atoms with Crippen molar-refractivity contribution in [3.05, 3.63) is 51.2 Å². The van der Waals surface area contributed by atoms with E-state index in [2.05, 4.69) is 26.3 Å². The van der Waals surface area contributed by atoms with Gasteiger partial charge in [0.2, 0.25) is 11.8 Å². The highest BCUT2D eigenvalue weighted by Gasteiger charge is 2.33. The summed E-state index contributed by atoms with van der Waals surface area (Å²) >= 11 is 0. The minimum Gasteiger partial charge on any atom is -0.495 e. The zero-order valence-corrected chi connectivity index (χ0v) is 20.7. The summed E-state index contributed by atoms with van der Waals surface area (Å²) in [4.78, 5) is 49.4. The average Bonchev–Trinajstić information content (AvgIpc) is 2.91. The molecule has 5 rings (SSSR count). The molecule has 0 atom stereocenters. The van der Waals surface area contributed by atoms with Crippen molar-refractivity contribution in [2.24, 2.45) is 5.92 Å². The van der Waals surface area contributed by atoms with Gasteiger partial charge in [-0.2, -0.15) is 0 Å². The molecule has 10 nitrogen and oxygen atoms in total. The van der Waals surface area contributed by atoms with E-state index in [4.69, 9.17) is 9.47 Å². The number of aromatic amines is 1. The third kappa shape index (κ3) is 5.15. The van der Waals surface area contributed by atoms with E-state index in [9.17, 15) is 14.4 Å². The standard InChI is InChI=1S/C26H33N5O5/c1-35-21-6-2-4-17-5-3-10-31(24(17)21)26(34)18-7-11-30(12-8-18)15-23(32)27-14-22-28-20-9-13-36-16-19(20)25(33)29-22/h2,4,6,18H,3,5,7-16H2,1H3,(H,27,32)(H,28,29,33). The van der Waals surface area contributed by atoms with Crippen LogP contribution in [-0.2, 0) is 40.3 Å². The van der Waals surface area contributed by atoms with Gasteiger partial charge in [-0.1, -0.05) is 12.1 Å². The van der Waals surface area contributed by atoms with Crippen LogP contribution in [-0.4, -0.2) is 66.6 Å². The number of nitrogens with zero attached hydrogens (tertiary/aromatic N) is 3. The number of anilines is 1. The van der Waals surface area contributed by atoms with Crippen LogP contribution in [0.4, 0.5) is 5.69 Å². The van der Waals surface area contributed by atoms with Crippen molar-refractivity contribution in [3.63, 3.8) is 0 Å². The number of carbonyl (C=O) groups excluding carboxylic acids is 2. The maximum atomic E-state index is 13.4. The first-order valence-corrected chi connectivity index (χ1v) is 12.7. The van der Waals surface area contributed by atoms with Gasteiger partial charge in [0.05, 0.1) is 50.4 Å². The number of fused-ring (bicyclic) bond motifs is 2. The Bertz CT molecular complexity index is 1170. The van der Waals surface area contributed by atoms with Crippen molar-refractivity contribution in [2.45, 2.75) is 45.3 Å². The predicted octanol–water partition coefficient (Wildman–Crippen LogP) is 1.16. The van der Waals surface area contributed by atoms with E-state index in [-0.39, 0.29) is 43.0 Å². The summed E-state index contributed by atoms with van der Waals surface area (Å²) in [6.07, 6.45) is 3.93. The molecule has 36 heavy (non-hydrogen) atoms. The number of ether oxygens (including phenoxy) is 2. The second-order valence-corrected chi connectivity index (χ2v) is 9.63.